The Labute approximate surface area is 88.6 Å². The summed E-state index contributed by atoms with van der Waals surface area (Å²) in [4.78, 5) is 2.28. The van der Waals surface area contributed by atoms with Crippen molar-refractivity contribution < 1.29 is 0 Å². The summed E-state index contributed by atoms with van der Waals surface area (Å²) in [7, 11) is 0. The first-order chi connectivity index (χ1) is 6.68. The van der Waals surface area contributed by atoms with Gasteiger partial charge in [-0.3, -0.25) is 0 Å². The zero-order valence-corrected chi connectivity index (χ0v) is 8.72. The highest BCUT2D eigenvalue weighted by Crippen LogP contribution is 2.26. The Hall–Kier alpha value is -1.03. The van der Waals surface area contributed by atoms with E-state index in [1.807, 2.05) is 0 Å². The maximum Gasteiger partial charge on any atom is 0.120 e. The molecule has 2 aliphatic rings. The lowest BCUT2D eigenvalue weighted by Crippen LogP contribution is -2.45. The van der Waals surface area contributed by atoms with E-state index in [0.29, 0.717) is 11.9 Å². The van der Waals surface area contributed by atoms with Crippen molar-refractivity contribution in [3.8, 4) is 0 Å². The van der Waals surface area contributed by atoms with Gasteiger partial charge in [0, 0.05) is 19.1 Å². The Morgan fingerprint density at radius 3 is 3.14 bits per heavy atom. The molecule has 0 spiro atoms. The van der Waals surface area contributed by atoms with Crippen molar-refractivity contribution in [3.63, 3.8) is 0 Å². The zero-order valence-electron chi connectivity index (χ0n) is 7.96. The summed E-state index contributed by atoms with van der Waals surface area (Å²) in [5.74, 6) is 0.673. The van der Waals surface area contributed by atoms with Crippen LogP contribution in [0.2, 0.25) is 0 Å². The number of rotatable bonds is 1. The lowest BCUT2D eigenvalue weighted by molar-refractivity contribution is 0.295. The zero-order chi connectivity index (χ0) is 10.1. The summed E-state index contributed by atoms with van der Waals surface area (Å²) in [5.41, 5.74) is 12.2. The summed E-state index contributed by atoms with van der Waals surface area (Å²) in [6.07, 6.45) is 4.14. The van der Waals surface area contributed by atoms with Crippen molar-refractivity contribution in [3.05, 3.63) is 22.8 Å². The summed E-state index contributed by atoms with van der Waals surface area (Å²) in [5, 5.41) is 3.44. The number of hydrogen-bond donors (Lipinski definition) is 3. The van der Waals surface area contributed by atoms with E-state index >= 15 is 0 Å². The highest BCUT2D eigenvalue weighted by Gasteiger charge is 2.30. The summed E-state index contributed by atoms with van der Waals surface area (Å²) in [6, 6.07) is 0.546. The third-order valence-corrected chi connectivity index (χ3v) is 2.87. The molecule has 0 radical (unpaired) electrons. The molecule has 0 saturated carbocycles. The molecule has 1 fully saturated rings. The molecule has 0 aromatic carbocycles. The van der Waals surface area contributed by atoms with Crippen LogP contribution in [-0.4, -0.2) is 24.0 Å². The van der Waals surface area contributed by atoms with Gasteiger partial charge in [-0.1, -0.05) is 11.6 Å². The van der Waals surface area contributed by atoms with Gasteiger partial charge in [0.2, 0.25) is 0 Å². The molecule has 0 aromatic rings. The second kappa shape index (κ2) is 3.61. The van der Waals surface area contributed by atoms with Gasteiger partial charge in [0.15, 0.2) is 0 Å². The van der Waals surface area contributed by atoms with Crippen LogP contribution in [0.1, 0.15) is 12.8 Å². The van der Waals surface area contributed by atoms with Crippen molar-refractivity contribution in [1.82, 2.24) is 10.2 Å². The standard InChI is InChI=1S/C9H15ClN4/c10-8(11)4-7-9(12)13-5-6-2-1-3-14(6)7/h4,6,13H,1-3,5,11-12H2/b8-4-. The van der Waals surface area contributed by atoms with Crippen LogP contribution in [-0.2, 0) is 0 Å². The minimum atomic E-state index is 0.275. The molecule has 0 bridgehead atoms. The predicted octanol–water partition coefficient (Wildman–Crippen LogP) is 0.221. The summed E-state index contributed by atoms with van der Waals surface area (Å²) >= 11 is 5.66. The predicted molar refractivity (Wildman–Crippen MR) is 57.1 cm³/mol. The fourth-order valence-electron chi connectivity index (χ4n) is 2.13. The topological polar surface area (TPSA) is 67.3 Å². The minimum Gasteiger partial charge on any atom is -0.389 e. The molecule has 1 unspecified atom stereocenters. The van der Waals surface area contributed by atoms with Gasteiger partial charge in [-0.25, -0.2) is 0 Å². The molecule has 0 aromatic heterocycles. The van der Waals surface area contributed by atoms with E-state index in [4.69, 9.17) is 23.1 Å². The van der Waals surface area contributed by atoms with E-state index < -0.39 is 0 Å². The van der Waals surface area contributed by atoms with Gasteiger partial charge in [-0.05, 0) is 18.9 Å². The van der Waals surface area contributed by atoms with Crippen molar-refractivity contribution >= 4 is 11.6 Å². The van der Waals surface area contributed by atoms with Crippen LogP contribution >= 0.6 is 11.6 Å². The molecule has 4 nitrogen and oxygen atoms in total. The Balaban J connectivity index is 2.28. The van der Waals surface area contributed by atoms with Crippen molar-refractivity contribution in [2.24, 2.45) is 11.5 Å². The van der Waals surface area contributed by atoms with Crippen molar-refractivity contribution in [1.29, 1.82) is 0 Å². The molecule has 5 N–H and O–H groups in total. The largest absolute Gasteiger partial charge is 0.389 e. The highest BCUT2D eigenvalue weighted by atomic mass is 35.5. The van der Waals surface area contributed by atoms with Crippen LogP contribution in [0.5, 0.6) is 0 Å². The molecule has 2 heterocycles. The second-order valence-electron chi connectivity index (χ2n) is 3.70. The molecule has 2 aliphatic heterocycles. The van der Waals surface area contributed by atoms with Gasteiger partial charge in [-0.2, -0.15) is 0 Å². The number of fused-ring (bicyclic) bond motifs is 1. The number of hydrogen-bond acceptors (Lipinski definition) is 4. The number of nitrogens with zero attached hydrogens (tertiary/aromatic N) is 1. The summed E-state index contributed by atoms with van der Waals surface area (Å²) in [6.45, 7) is 1.97. The molecule has 0 aliphatic carbocycles. The van der Waals surface area contributed by atoms with E-state index in [0.717, 1.165) is 18.8 Å². The SMILES string of the molecule is NC1=C(/C=C(\N)Cl)N2CCCC2CN1. The average Bonchev–Trinajstić information content (AvgIpc) is 2.57. The second-order valence-corrected chi connectivity index (χ2v) is 4.13. The molecule has 14 heavy (non-hydrogen) atoms. The van der Waals surface area contributed by atoms with Gasteiger partial charge in [0.25, 0.3) is 0 Å². The number of halogens is 1. The first-order valence-corrected chi connectivity index (χ1v) is 5.19. The fourth-order valence-corrected chi connectivity index (χ4v) is 2.23. The lowest BCUT2D eigenvalue weighted by Gasteiger charge is -2.34. The quantitative estimate of drug-likeness (QED) is 0.547. The summed E-state index contributed by atoms with van der Waals surface area (Å²) < 4.78 is 0. The first-order valence-electron chi connectivity index (χ1n) is 4.81. The van der Waals surface area contributed by atoms with Crippen LogP contribution in [0.25, 0.3) is 0 Å². The van der Waals surface area contributed by atoms with E-state index in [2.05, 4.69) is 10.2 Å². The Kier molecular flexibility index (Phi) is 2.46. The smallest absolute Gasteiger partial charge is 0.120 e. The van der Waals surface area contributed by atoms with Crippen LogP contribution in [0.3, 0.4) is 0 Å². The van der Waals surface area contributed by atoms with Gasteiger partial charge < -0.3 is 21.7 Å². The van der Waals surface area contributed by atoms with E-state index in [1.165, 1.54) is 12.8 Å². The van der Waals surface area contributed by atoms with E-state index in [9.17, 15) is 0 Å². The fraction of sp³-hybridized carbons (Fsp3) is 0.556. The maximum absolute atomic E-state index is 5.85. The van der Waals surface area contributed by atoms with Crippen LogP contribution in [0.4, 0.5) is 0 Å². The molecule has 1 atom stereocenters. The minimum absolute atomic E-state index is 0.275. The van der Waals surface area contributed by atoms with E-state index in [1.54, 1.807) is 6.08 Å². The first kappa shape index (κ1) is 9.52. The molecular formula is C9H15ClN4. The van der Waals surface area contributed by atoms with Gasteiger partial charge in [0.1, 0.15) is 11.0 Å². The van der Waals surface area contributed by atoms with Gasteiger partial charge in [0.05, 0.1) is 5.70 Å². The molecule has 2 rings (SSSR count). The molecule has 5 heteroatoms. The van der Waals surface area contributed by atoms with Crippen LogP contribution in [0.15, 0.2) is 22.8 Å². The maximum atomic E-state index is 5.85. The van der Waals surface area contributed by atoms with E-state index in [-0.39, 0.29) is 5.16 Å². The third kappa shape index (κ3) is 1.62. The Bertz CT molecular complexity index is 293. The number of nitrogens with one attached hydrogen (secondary N) is 1. The average molecular weight is 215 g/mol. The molecule has 78 valence electrons. The van der Waals surface area contributed by atoms with Crippen LogP contribution in [0, 0.1) is 0 Å². The lowest BCUT2D eigenvalue weighted by atomic mass is 10.1. The van der Waals surface area contributed by atoms with Gasteiger partial charge in [-0.15, -0.1) is 0 Å². The van der Waals surface area contributed by atoms with Gasteiger partial charge >= 0.3 is 0 Å². The number of nitrogens with two attached hydrogens (primary N) is 2. The Morgan fingerprint density at radius 1 is 1.64 bits per heavy atom. The third-order valence-electron chi connectivity index (χ3n) is 2.77. The normalized spacial score (nSPS) is 27.6. The molecule has 0 amide bonds. The molecule has 1 saturated heterocycles. The number of allylic oxidation sites excluding steroid dienone is 1. The van der Waals surface area contributed by atoms with Crippen molar-refractivity contribution in [2.45, 2.75) is 18.9 Å². The monoisotopic (exact) mass is 214 g/mol. The van der Waals surface area contributed by atoms with Crippen molar-refractivity contribution in [2.75, 3.05) is 13.1 Å². The van der Waals surface area contributed by atoms with Crippen LogP contribution < -0.4 is 16.8 Å². The Morgan fingerprint density at radius 2 is 2.43 bits per heavy atom. The highest BCUT2D eigenvalue weighted by molar-refractivity contribution is 6.29. The molecular weight excluding hydrogens is 200 g/mol.